The van der Waals surface area contributed by atoms with E-state index in [4.69, 9.17) is 0 Å². The molecular weight excluding hydrogens is 346 g/mol. The van der Waals surface area contributed by atoms with Crippen molar-refractivity contribution in [1.82, 2.24) is 10.2 Å². The highest BCUT2D eigenvalue weighted by molar-refractivity contribution is 7.10. The Balaban J connectivity index is 1.76. The number of hydrogen-bond acceptors (Lipinski definition) is 4. The number of rotatable bonds is 5. The van der Waals surface area contributed by atoms with E-state index in [0.29, 0.717) is 24.3 Å². The fourth-order valence-electron chi connectivity index (χ4n) is 3.25. The topological polar surface area (TPSA) is 61.4 Å². The number of amides is 2. The Bertz CT molecular complexity index is 815. The van der Waals surface area contributed by atoms with Crippen LogP contribution in [0.25, 0.3) is 0 Å². The van der Waals surface area contributed by atoms with Crippen molar-refractivity contribution in [2.24, 2.45) is 5.92 Å². The minimum atomic E-state index is -0.141. The van der Waals surface area contributed by atoms with Crippen molar-refractivity contribution < 1.29 is 9.59 Å². The van der Waals surface area contributed by atoms with Gasteiger partial charge in [-0.2, -0.15) is 0 Å². The van der Waals surface area contributed by atoms with E-state index < -0.39 is 0 Å². The molecule has 1 aromatic heterocycles. The van der Waals surface area contributed by atoms with Crippen LogP contribution in [-0.2, 0) is 17.8 Å². The van der Waals surface area contributed by atoms with Crippen LogP contribution in [0, 0.1) is 12.8 Å². The fraction of sp³-hybridized carbons (Fsp3) is 0.400. The van der Waals surface area contributed by atoms with Crippen molar-refractivity contribution in [3.63, 3.8) is 0 Å². The minimum Gasteiger partial charge on any atom is -0.334 e. The number of anilines is 1. The quantitative estimate of drug-likeness (QED) is 0.849. The van der Waals surface area contributed by atoms with E-state index in [9.17, 15) is 9.59 Å². The average Bonchev–Trinajstić information content (AvgIpc) is 3.10. The number of nitrogens with zero attached hydrogens (tertiary/aromatic N) is 1. The van der Waals surface area contributed by atoms with Gasteiger partial charge in [0, 0.05) is 41.7 Å². The molecule has 0 bridgehead atoms. The fourth-order valence-corrected chi connectivity index (χ4v) is 4.14. The van der Waals surface area contributed by atoms with Crippen LogP contribution in [0.3, 0.4) is 0 Å². The maximum absolute atomic E-state index is 13.0. The highest BCUT2D eigenvalue weighted by atomic mass is 32.1. The molecule has 1 unspecified atom stereocenters. The Labute approximate surface area is 158 Å². The van der Waals surface area contributed by atoms with E-state index in [2.05, 4.69) is 22.1 Å². The molecule has 1 aliphatic rings. The summed E-state index contributed by atoms with van der Waals surface area (Å²) in [6.45, 7) is 5.78. The van der Waals surface area contributed by atoms with E-state index >= 15 is 0 Å². The molecular formula is C20H25N3O2S. The number of carbonyl (C=O) groups is 2. The summed E-state index contributed by atoms with van der Waals surface area (Å²) in [5.74, 6) is -0.162. The zero-order chi connectivity index (χ0) is 18.7. The largest absolute Gasteiger partial charge is 0.334 e. The van der Waals surface area contributed by atoms with Gasteiger partial charge >= 0.3 is 0 Å². The molecule has 1 aliphatic heterocycles. The summed E-state index contributed by atoms with van der Waals surface area (Å²) >= 11 is 1.76. The second kappa shape index (κ2) is 8.01. The second-order valence-electron chi connectivity index (χ2n) is 6.77. The SMILES string of the molecule is CNCC(C)C(=O)Nc1cccc(C(=O)N2CCc3sccc3C2)c1C. The molecule has 0 fully saturated rings. The second-order valence-corrected chi connectivity index (χ2v) is 7.77. The van der Waals surface area contributed by atoms with Gasteiger partial charge in [-0.1, -0.05) is 13.0 Å². The Morgan fingerprint density at radius 2 is 2.12 bits per heavy atom. The monoisotopic (exact) mass is 371 g/mol. The maximum atomic E-state index is 13.0. The Morgan fingerprint density at radius 1 is 1.31 bits per heavy atom. The summed E-state index contributed by atoms with van der Waals surface area (Å²) in [6.07, 6.45) is 0.912. The van der Waals surface area contributed by atoms with Gasteiger partial charge in [0.25, 0.3) is 5.91 Å². The molecule has 2 aromatic rings. The zero-order valence-electron chi connectivity index (χ0n) is 15.5. The van der Waals surface area contributed by atoms with Gasteiger partial charge in [0.2, 0.25) is 5.91 Å². The van der Waals surface area contributed by atoms with Crippen LogP contribution in [-0.4, -0.2) is 36.9 Å². The first-order valence-electron chi connectivity index (χ1n) is 8.91. The molecule has 2 amide bonds. The molecule has 138 valence electrons. The van der Waals surface area contributed by atoms with Crippen molar-refractivity contribution in [1.29, 1.82) is 0 Å². The van der Waals surface area contributed by atoms with Crippen LogP contribution in [0.1, 0.15) is 33.3 Å². The van der Waals surface area contributed by atoms with Crippen LogP contribution in [0.5, 0.6) is 0 Å². The predicted octanol–water partition coefficient (Wildman–Crippen LogP) is 3.05. The van der Waals surface area contributed by atoms with Crippen LogP contribution >= 0.6 is 11.3 Å². The smallest absolute Gasteiger partial charge is 0.254 e. The lowest BCUT2D eigenvalue weighted by Crippen LogP contribution is -2.36. The first-order chi connectivity index (χ1) is 12.5. The molecule has 0 aliphatic carbocycles. The molecule has 0 spiro atoms. The van der Waals surface area contributed by atoms with Crippen LogP contribution in [0.2, 0.25) is 0 Å². The molecule has 6 heteroatoms. The lowest BCUT2D eigenvalue weighted by Gasteiger charge is -2.28. The highest BCUT2D eigenvalue weighted by Crippen LogP contribution is 2.27. The third kappa shape index (κ3) is 3.81. The van der Waals surface area contributed by atoms with Crippen molar-refractivity contribution in [2.75, 3.05) is 25.5 Å². The van der Waals surface area contributed by atoms with Gasteiger partial charge in [0.1, 0.15) is 0 Å². The van der Waals surface area contributed by atoms with Crippen molar-refractivity contribution in [3.8, 4) is 0 Å². The molecule has 2 heterocycles. The van der Waals surface area contributed by atoms with Crippen molar-refractivity contribution >= 4 is 28.8 Å². The number of hydrogen-bond donors (Lipinski definition) is 2. The van der Waals surface area contributed by atoms with Gasteiger partial charge in [-0.25, -0.2) is 0 Å². The number of thiophene rings is 1. The van der Waals surface area contributed by atoms with E-state index in [0.717, 1.165) is 18.5 Å². The molecule has 1 aromatic carbocycles. The van der Waals surface area contributed by atoms with Gasteiger partial charge in [-0.05, 0) is 55.1 Å². The van der Waals surface area contributed by atoms with Crippen molar-refractivity contribution in [2.45, 2.75) is 26.8 Å². The first kappa shape index (κ1) is 18.6. The highest BCUT2D eigenvalue weighted by Gasteiger charge is 2.24. The molecule has 0 radical (unpaired) electrons. The lowest BCUT2D eigenvalue weighted by atomic mass is 10.0. The number of fused-ring (bicyclic) bond motifs is 1. The molecule has 5 nitrogen and oxygen atoms in total. The third-order valence-corrected chi connectivity index (χ3v) is 5.90. The van der Waals surface area contributed by atoms with E-state index in [1.165, 1.54) is 10.4 Å². The summed E-state index contributed by atoms with van der Waals surface area (Å²) < 4.78 is 0. The van der Waals surface area contributed by atoms with Crippen LogP contribution in [0.4, 0.5) is 5.69 Å². The number of carbonyl (C=O) groups excluding carboxylic acids is 2. The molecule has 0 saturated heterocycles. The maximum Gasteiger partial charge on any atom is 0.254 e. The van der Waals surface area contributed by atoms with E-state index in [1.807, 2.05) is 44.0 Å². The standard InChI is InChI=1S/C20H25N3O2S/c1-13(11-21-3)19(24)22-17-6-4-5-16(14(17)2)20(25)23-9-7-18-15(12-23)8-10-26-18/h4-6,8,10,13,21H,7,9,11-12H2,1-3H3,(H,22,24). The number of nitrogens with one attached hydrogen (secondary N) is 2. The Morgan fingerprint density at radius 3 is 2.88 bits per heavy atom. The number of benzene rings is 1. The van der Waals surface area contributed by atoms with Gasteiger partial charge in [-0.3, -0.25) is 9.59 Å². The summed E-state index contributed by atoms with van der Waals surface area (Å²) in [5, 5.41) is 8.05. The van der Waals surface area contributed by atoms with Gasteiger partial charge < -0.3 is 15.5 Å². The van der Waals surface area contributed by atoms with E-state index in [-0.39, 0.29) is 17.7 Å². The lowest BCUT2D eigenvalue weighted by molar-refractivity contribution is -0.119. The third-order valence-electron chi connectivity index (χ3n) is 4.87. The predicted molar refractivity (Wildman–Crippen MR) is 106 cm³/mol. The molecule has 0 saturated carbocycles. The van der Waals surface area contributed by atoms with Gasteiger partial charge in [0.15, 0.2) is 0 Å². The molecule has 2 N–H and O–H groups in total. The minimum absolute atomic E-state index is 0.0266. The summed E-state index contributed by atoms with van der Waals surface area (Å²) in [4.78, 5) is 28.6. The molecule has 3 rings (SSSR count). The zero-order valence-corrected chi connectivity index (χ0v) is 16.3. The summed E-state index contributed by atoms with van der Waals surface area (Å²) in [5.41, 5.74) is 3.43. The summed E-state index contributed by atoms with van der Waals surface area (Å²) in [6, 6.07) is 7.63. The first-order valence-corrected chi connectivity index (χ1v) is 9.78. The van der Waals surface area contributed by atoms with E-state index in [1.54, 1.807) is 11.3 Å². The average molecular weight is 372 g/mol. The van der Waals surface area contributed by atoms with Crippen molar-refractivity contribution in [3.05, 3.63) is 51.2 Å². The summed E-state index contributed by atoms with van der Waals surface area (Å²) in [7, 11) is 1.83. The molecule has 1 atom stereocenters. The van der Waals surface area contributed by atoms with Gasteiger partial charge in [-0.15, -0.1) is 11.3 Å². The van der Waals surface area contributed by atoms with Crippen LogP contribution < -0.4 is 10.6 Å². The Hall–Kier alpha value is -2.18. The normalized spacial score (nSPS) is 14.7. The molecule has 26 heavy (non-hydrogen) atoms. The Kier molecular flexibility index (Phi) is 5.74. The van der Waals surface area contributed by atoms with Gasteiger partial charge in [0.05, 0.1) is 0 Å². The van der Waals surface area contributed by atoms with Crippen LogP contribution in [0.15, 0.2) is 29.6 Å².